The highest BCUT2D eigenvalue weighted by atomic mass is 79.9. The fourth-order valence-corrected chi connectivity index (χ4v) is 2.48. The fraction of sp³-hybridized carbons (Fsp3) is 0.111. The van der Waals surface area contributed by atoms with Crippen molar-refractivity contribution in [2.45, 2.75) is 13.3 Å². The molecule has 0 unspecified atom stereocenters. The van der Waals surface area contributed by atoms with Crippen LogP contribution in [-0.2, 0) is 11.2 Å². The number of halogens is 2. The minimum Gasteiger partial charge on any atom is -0.356 e. The van der Waals surface area contributed by atoms with Gasteiger partial charge in [0.2, 0.25) is 5.91 Å². The first-order chi connectivity index (χ1) is 11.5. The topological polar surface area (TPSA) is 55.1 Å². The number of carbonyl (C=O) groups is 1. The summed E-state index contributed by atoms with van der Waals surface area (Å²) in [5, 5.41) is 6.72. The SMILES string of the molecule is Cc1cc(NC(=O)Cc2cc(-c3ccc(F)cc3)on2)ccc1Br. The van der Waals surface area contributed by atoms with Crippen molar-refractivity contribution >= 4 is 27.5 Å². The molecule has 0 atom stereocenters. The predicted molar refractivity (Wildman–Crippen MR) is 93.1 cm³/mol. The lowest BCUT2D eigenvalue weighted by Crippen LogP contribution is -2.14. The molecule has 6 heteroatoms. The van der Waals surface area contributed by atoms with Gasteiger partial charge in [-0.05, 0) is 55.0 Å². The van der Waals surface area contributed by atoms with Crippen LogP contribution in [0.15, 0.2) is 57.5 Å². The van der Waals surface area contributed by atoms with Crippen molar-refractivity contribution in [2.24, 2.45) is 0 Å². The van der Waals surface area contributed by atoms with Gasteiger partial charge in [-0.25, -0.2) is 4.39 Å². The molecule has 0 saturated carbocycles. The van der Waals surface area contributed by atoms with Crippen LogP contribution < -0.4 is 5.32 Å². The minimum atomic E-state index is -0.317. The van der Waals surface area contributed by atoms with Gasteiger partial charge in [0.1, 0.15) is 5.82 Å². The minimum absolute atomic E-state index is 0.0970. The molecular formula is C18H14BrFN2O2. The van der Waals surface area contributed by atoms with E-state index >= 15 is 0 Å². The zero-order chi connectivity index (χ0) is 17.1. The van der Waals surface area contributed by atoms with Gasteiger partial charge in [0, 0.05) is 21.8 Å². The van der Waals surface area contributed by atoms with Gasteiger partial charge in [-0.1, -0.05) is 21.1 Å². The molecule has 1 N–H and O–H groups in total. The Morgan fingerprint density at radius 2 is 1.96 bits per heavy atom. The van der Waals surface area contributed by atoms with Crippen molar-refractivity contribution in [3.63, 3.8) is 0 Å². The number of hydrogen-bond donors (Lipinski definition) is 1. The van der Waals surface area contributed by atoms with Gasteiger partial charge in [0.25, 0.3) is 0 Å². The second-order valence-corrected chi connectivity index (χ2v) is 6.23. The largest absolute Gasteiger partial charge is 0.356 e. The summed E-state index contributed by atoms with van der Waals surface area (Å²) in [5.74, 6) is -0.00405. The van der Waals surface area contributed by atoms with Crippen LogP contribution in [0.1, 0.15) is 11.3 Å². The molecule has 0 saturated heterocycles. The lowest BCUT2D eigenvalue weighted by molar-refractivity contribution is -0.115. The van der Waals surface area contributed by atoms with E-state index in [1.807, 2.05) is 25.1 Å². The number of nitrogens with zero attached hydrogens (tertiary/aromatic N) is 1. The van der Waals surface area contributed by atoms with Crippen molar-refractivity contribution in [2.75, 3.05) is 5.32 Å². The molecule has 3 aromatic rings. The Labute approximate surface area is 146 Å². The summed E-state index contributed by atoms with van der Waals surface area (Å²) in [7, 11) is 0. The Kier molecular flexibility index (Phi) is 4.76. The third-order valence-corrected chi connectivity index (χ3v) is 4.36. The van der Waals surface area contributed by atoms with Crippen LogP contribution in [0.3, 0.4) is 0 Å². The average molecular weight is 389 g/mol. The third-order valence-electron chi connectivity index (χ3n) is 3.47. The number of amides is 1. The molecule has 0 aliphatic heterocycles. The van der Waals surface area contributed by atoms with Crippen molar-refractivity contribution in [3.8, 4) is 11.3 Å². The first-order valence-electron chi connectivity index (χ1n) is 7.29. The normalized spacial score (nSPS) is 10.6. The molecule has 122 valence electrons. The second-order valence-electron chi connectivity index (χ2n) is 5.38. The van der Waals surface area contributed by atoms with Crippen molar-refractivity contribution in [1.29, 1.82) is 0 Å². The molecule has 0 radical (unpaired) electrons. The van der Waals surface area contributed by atoms with E-state index in [1.165, 1.54) is 12.1 Å². The molecule has 4 nitrogen and oxygen atoms in total. The molecule has 24 heavy (non-hydrogen) atoms. The molecule has 0 aliphatic carbocycles. The first kappa shape index (κ1) is 16.4. The monoisotopic (exact) mass is 388 g/mol. The maximum Gasteiger partial charge on any atom is 0.230 e. The lowest BCUT2D eigenvalue weighted by Gasteiger charge is -2.06. The van der Waals surface area contributed by atoms with Crippen molar-refractivity contribution < 1.29 is 13.7 Å². The van der Waals surface area contributed by atoms with Gasteiger partial charge >= 0.3 is 0 Å². The van der Waals surface area contributed by atoms with Crippen LogP contribution >= 0.6 is 15.9 Å². The van der Waals surface area contributed by atoms with Gasteiger partial charge in [-0.2, -0.15) is 0 Å². The van der Waals surface area contributed by atoms with Gasteiger partial charge < -0.3 is 9.84 Å². The van der Waals surface area contributed by atoms with E-state index in [0.717, 1.165) is 15.7 Å². The molecule has 1 aromatic heterocycles. The molecule has 3 rings (SSSR count). The molecule has 0 spiro atoms. The third kappa shape index (κ3) is 3.89. The Morgan fingerprint density at radius 3 is 2.67 bits per heavy atom. The standard InChI is InChI=1S/C18H14BrFN2O2/c1-11-8-14(6-7-16(11)19)21-18(23)10-15-9-17(24-22-15)12-2-4-13(20)5-3-12/h2-9H,10H2,1H3,(H,21,23). The number of anilines is 1. The van der Waals surface area contributed by atoms with E-state index in [-0.39, 0.29) is 18.1 Å². The summed E-state index contributed by atoms with van der Waals surface area (Å²) in [6.07, 6.45) is 0.0970. The van der Waals surface area contributed by atoms with E-state index < -0.39 is 0 Å². The molecule has 1 amide bonds. The summed E-state index contributed by atoms with van der Waals surface area (Å²) < 4.78 is 19.1. The van der Waals surface area contributed by atoms with Crippen LogP contribution in [0.5, 0.6) is 0 Å². The highest BCUT2D eigenvalue weighted by Gasteiger charge is 2.11. The summed E-state index contributed by atoms with van der Waals surface area (Å²) in [5.41, 5.74) is 2.98. The van der Waals surface area contributed by atoms with E-state index in [1.54, 1.807) is 18.2 Å². The van der Waals surface area contributed by atoms with Crippen molar-refractivity contribution in [3.05, 3.63) is 70.1 Å². The highest BCUT2D eigenvalue weighted by molar-refractivity contribution is 9.10. The maximum atomic E-state index is 12.9. The van der Waals surface area contributed by atoms with Gasteiger partial charge in [-0.15, -0.1) is 0 Å². The Bertz CT molecular complexity index is 875. The molecule has 0 fully saturated rings. The number of aryl methyl sites for hydroxylation is 1. The van der Waals surface area contributed by atoms with Crippen LogP contribution in [0.25, 0.3) is 11.3 Å². The number of benzene rings is 2. The lowest BCUT2D eigenvalue weighted by atomic mass is 10.1. The van der Waals surface area contributed by atoms with E-state index in [4.69, 9.17) is 4.52 Å². The highest BCUT2D eigenvalue weighted by Crippen LogP contribution is 2.22. The average Bonchev–Trinajstić information content (AvgIpc) is 3.00. The number of carbonyl (C=O) groups excluding carboxylic acids is 1. The predicted octanol–water partition coefficient (Wildman–Crippen LogP) is 4.73. The Balaban J connectivity index is 1.66. The summed E-state index contributed by atoms with van der Waals surface area (Å²) in [6.45, 7) is 1.95. The smallest absolute Gasteiger partial charge is 0.230 e. The summed E-state index contributed by atoms with van der Waals surface area (Å²) in [6, 6.07) is 13.2. The number of aromatic nitrogens is 1. The van der Waals surface area contributed by atoms with Gasteiger partial charge in [0.05, 0.1) is 12.1 Å². The molecule has 1 heterocycles. The number of nitrogens with one attached hydrogen (secondary N) is 1. The fourth-order valence-electron chi connectivity index (χ4n) is 2.24. The molecular weight excluding hydrogens is 375 g/mol. The van der Waals surface area contributed by atoms with E-state index in [0.29, 0.717) is 17.0 Å². The van der Waals surface area contributed by atoms with Crippen LogP contribution in [0, 0.1) is 12.7 Å². The van der Waals surface area contributed by atoms with Crippen LogP contribution in [0.2, 0.25) is 0 Å². The quantitative estimate of drug-likeness (QED) is 0.702. The number of hydrogen-bond acceptors (Lipinski definition) is 3. The van der Waals surface area contributed by atoms with Crippen molar-refractivity contribution in [1.82, 2.24) is 5.16 Å². The zero-order valence-electron chi connectivity index (χ0n) is 12.8. The van der Waals surface area contributed by atoms with Crippen LogP contribution in [-0.4, -0.2) is 11.1 Å². The van der Waals surface area contributed by atoms with E-state index in [2.05, 4.69) is 26.4 Å². The van der Waals surface area contributed by atoms with Gasteiger partial charge in [0.15, 0.2) is 5.76 Å². The molecule has 2 aromatic carbocycles. The zero-order valence-corrected chi connectivity index (χ0v) is 14.4. The maximum absolute atomic E-state index is 12.9. The summed E-state index contributed by atoms with van der Waals surface area (Å²) >= 11 is 3.42. The molecule has 0 bridgehead atoms. The number of rotatable bonds is 4. The summed E-state index contributed by atoms with van der Waals surface area (Å²) in [4.78, 5) is 12.1. The first-order valence-corrected chi connectivity index (χ1v) is 8.08. The second kappa shape index (κ2) is 6.97. The molecule has 0 aliphatic rings. The Morgan fingerprint density at radius 1 is 1.21 bits per heavy atom. The van der Waals surface area contributed by atoms with E-state index in [9.17, 15) is 9.18 Å². The van der Waals surface area contributed by atoms with Gasteiger partial charge in [-0.3, -0.25) is 4.79 Å². The Hall–Kier alpha value is -2.47. The van der Waals surface area contributed by atoms with Crippen LogP contribution in [0.4, 0.5) is 10.1 Å².